The Morgan fingerprint density at radius 3 is 2.50 bits per heavy atom. The summed E-state index contributed by atoms with van der Waals surface area (Å²) in [6.45, 7) is 4.69. The molecule has 3 heteroatoms. The molecule has 0 aliphatic heterocycles. The smallest absolute Gasteiger partial charge is 0.238 e. The van der Waals surface area contributed by atoms with Crippen molar-refractivity contribution < 1.29 is 4.79 Å². The van der Waals surface area contributed by atoms with Gasteiger partial charge in [-0.2, -0.15) is 0 Å². The van der Waals surface area contributed by atoms with Crippen molar-refractivity contribution in [2.45, 2.75) is 39.2 Å². The average Bonchev–Trinajstić information content (AvgIpc) is 2.03. The van der Waals surface area contributed by atoms with Crippen LogP contribution in [0.1, 0.15) is 33.1 Å². The Hall–Kier alpha value is -0.570. The van der Waals surface area contributed by atoms with Gasteiger partial charge in [-0.25, -0.2) is 0 Å². The van der Waals surface area contributed by atoms with Crippen molar-refractivity contribution in [3.05, 3.63) is 0 Å². The van der Waals surface area contributed by atoms with E-state index < -0.39 is 0 Å². The fourth-order valence-electron chi connectivity index (χ4n) is 1.06. The van der Waals surface area contributed by atoms with Crippen LogP contribution in [0.5, 0.6) is 0 Å². The van der Waals surface area contributed by atoms with Gasteiger partial charge in [0.2, 0.25) is 5.91 Å². The highest BCUT2D eigenvalue weighted by Gasteiger charge is 2.11. The molecule has 0 aromatic carbocycles. The fraction of sp³-hybridized carbons (Fsp3) is 0.889. The summed E-state index contributed by atoms with van der Waals surface area (Å²) in [6, 6.07) is -0.364. The Morgan fingerprint density at radius 1 is 1.50 bits per heavy atom. The Labute approximate surface area is 74.9 Å². The molecule has 0 aliphatic rings. The first-order valence-corrected chi connectivity index (χ1v) is 4.60. The van der Waals surface area contributed by atoms with E-state index >= 15 is 0 Å². The minimum absolute atomic E-state index is 0.0334. The van der Waals surface area contributed by atoms with Crippen LogP contribution < -0.4 is 5.73 Å². The third-order valence-corrected chi connectivity index (χ3v) is 1.86. The molecule has 0 unspecified atom stereocenters. The van der Waals surface area contributed by atoms with E-state index in [4.69, 9.17) is 5.73 Å². The molecule has 0 rings (SSSR count). The summed E-state index contributed by atoms with van der Waals surface area (Å²) < 4.78 is 0. The van der Waals surface area contributed by atoms with Crippen LogP contribution in [0.4, 0.5) is 0 Å². The Balaban J connectivity index is 3.57. The Bertz CT molecular complexity index is 134. The number of amides is 1. The van der Waals surface area contributed by atoms with Crippen LogP contribution >= 0.6 is 0 Å². The number of hydrogen-bond donors (Lipinski definition) is 1. The number of nitrogens with zero attached hydrogens (tertiary/aromatic N) is 1. The first-order chi connectivity index (χ1) is 5.59. The second kappa shape index (κ2) is 6.00. The minimum Gasteiger partial charge on any atom is -0.344 e. The van der Waals surface area contributed by atoms with Crippen molar-refractivity contribution in [1.29, 1.82) is 0 Å². The van der Waals surface area contributed by atoms with Crippen LogP contribution in [-0.4, -0.2) is 30.4 Å². The van der Waals surface area contributed by atoms with Crippen molar-refractivity contribution in [2.24, 2.45) is 5.73 Å². The SMILES string of the molecule is CCCCCN(C)C(=O)[C@H](C)N. The Kier molecular flexibility index (Phi) is 5.72. The van der Waals surface area contributed by atoms with Crippen LogP contribution in [0.15, 0.2) is 0 Å². The molecule has 3 nitrogen and oxygen atoms in total. The summed E-state index contributed by atoms with van der Waals surface area (Å²) in [5.41, 5.74) is 5.45. The molecule has 1 amide bonds. The predicted octanol–water partition coefficient (Wildman–Crippen LogP) is 0.982. The number of carbonyl (C=O) groups excluding carboxylic acids is 1. The lowest BCUT2D eigenvalue weighted by Crippen LogP contribution is -2.40. The zero-order chi connectivity index (χ0) is 9.56. The molecule has 0 fully saturated rings. The van der Waals surface area contributed by atoms with E-state index in [9.17, 15) is 4.79 Å². The van der Waals surface area contributed by atoms with Gasteiger partial charge in [0.05, 0.1) is 6.04 Å². The molecule has 0 aromatic rings. The highest BCUT2D eigenvalue weighted by molar-refractivity contribution is 5.80. The van der Waals surface area contributed by atoms with Crippen molar-refractivity contribution in [3.63, 3.8) is 0 Å². The quantitative estimate of drug-likeness (QED) is 0.628. The molecule has 0 radical (unpaired) electrons. The van der Waals surface area contributed by atoms with E-state index in [0.29, 0.717) is 0 Å². The molecule has 0 heterocycles. The van der Waals surface area contributed by atoms with Gasteiger partial charge in [-0.1, -0.05) is 19.8 Å². The van der Waals surface area contributed by atoms with Crippen molar-refractivity contribution in [2.75, 3.05) is 13.6 Å². The summed E-state index contributed by atoms with van der Waals surface area (Å²) in [4.78, 5) is 12.9. The van der Waals surface area contributed by atoms with Crippen LogP contribution in [0.3, 0.4) is 0 Å². The van der Waals surface area contributed by atoms with E-state index in [2.05, 4.69) is 6.92 Å². The Morgan fingerprint density at radius 2 is 2.08 bits per heavy atom. The summed E-state index contributed by atoms with van der Waals surface area (Å²) in [6.07, 6.45) is 3.43. The largest absolute Gasteiger partial charge is 0.344 e. The average molecular weight is 172 g/mol. The molecule has 0 saturated carbocycles. The highest BCUT2D eigenvalue weighted by Crippen LogP contribution is 1.97. The summed E-state index contributed by atoms with van der Waals surface area (Å²) >= 11 is 0. The van der Waals surface area contributed by atoms with Gasteiger partial charge in [0.25, 0.3) is 0 Å². The van der Waals surface area contributed by atoms with Crippen LogP contribution in [0, 0.1) is 0 Å². The van der Waals surface area contributed by atoms with E-state index in [-0.39, 0.29) is 11.9 Å². The normalized spacial score (nSPS) is 12.7. The van der Waals surface area contributed by atoms with Gasteiger partial charge in [-0.05, 0) is 13.3 Å². The molecule has 2 N–H and O–H groups in total. The molecule has 0 bridgehead atoms. The molecule has 0 aliphatic carbocycles. The monoisotopic (exact) mass is 172 g/mol. The van der Waals surface area contributed by atoms with E-state index in [1.54, 1.807) is 18.9 Å². The summed E-state index contributed by atoms with van der Waals surface area (Å²) in [5, 5.41) is 0. The molecule has 0 saturated heterocycles. The number of unbranched alkanes of at least 4 members (excludes halogenated alkanes) is 2. The molecular formula is C9H20N2O. The number of carbonyl (C=O) groups is 1. The third kappa shape index (κ3) is 4.34. The van der Waals surface area contributed by atoms with Crippen LogP contribution in [0.25, 0.3) is 0 Å². The molecule has 1 atom stereocenters. The summed E-state index contributed by atoms with van der Waals surface area (Å²) in [7, 11) is 1.81. The topological polar surface area (TPSA) is 46.3 Å². The fourth-order valence-corrected chi connectivity index (χ4v) is 1.06. The second-order valence-corrected chi connectivity index (χ2v) is 3.26. The molecular weight excluding hydrogens is 152 g/mol. The van der Waals surface area contributed by atoms with Crippen molar-refractivity contribution >= 4 is 5.91 Å². The molecule has 0 spiro atoms. The zero-order valence-electron chi connectivity index (χ0n) is 8.34. The van der Waals surface area contributed by atoms with Gasteiger partial charge >= 0.3 is 0 Å². The number of likely N-dealkylation sites (N-methyl/N-ethyl adjacent to an activating group) is 1. The number of hydrogen-bond acceptors (Lipinski definition) is 2. The van der Waals surface area contributed by atoms with Crippen LogP contribution in [-0.2, 0) is 4.79 Å². The standard InChI is InChI=1S/C9H20N2O/c1-4-5-6-7-11(3)9(12)8(2)10/h8H,4-7,10H2,1-3H3/t8-/m0/s1. The second-order valence-electron chi connectivity index (χ2n) is 3.26. The van der Waals surface area contributed by atoms with Crippen molar-refractivity contribution in [1.82, 2.24) is 4.90 Å². The molecule has 0 aromatic heterocycles. The lowest BCUT2D eigenvalue weighted by molar-refractivity contribution is -0.130. The lowest BCUT2D eigenvalue weighted by Gasteiger charge is -2.18. The van der Waals surface area contributed by atoms with Gasteiger partial charge in [-0.15, -0.1) is 0 Å². The maximum atomic E-state index is 11.2. The predicted molar refractivity (Wildman–Crippen MR) is 50.8 cm³/mol. The minimum atomic E-state index is -0.364. The maximum Gasteiger partial charge on any atom is 0.238 e. The maximum absolute atomic E-state index is 11.2. The van der Waals surface area contributed by atoms with Crippen LogP contribution in [0.2, 0.25) is 0 Å². The van der Waals surface area contributed by atoms with E-state index in [1.807, 2.05) is 0 Å². The lowest BCUT2D eigenvalue weighted by atomic mass is 10.2. The highest BCUT2D eigenvalue weighted by atomic mass is 16.2. The van der Waals surface area contributed by atoms with Crippen molar-refractivity contribution in [3.8, 4) is 0 Å². The van der Waals surface area contributed by atoms with E-state index in [1.165, 1.54) is 12.8 Å². The zero-order valence-corrected chi connectivity index (χ0v) is 8.34. The van der Waals surface area contributed by atoms with Gasteiger partial charge < -0.3 is 10.6 Å². The first-order valence-electron chi connectivity index (χ1n) is 4.60. The summed E-state index contributed by atoms with van der Waals surface area (Å²) in [5.74, 6) is 0.0334. The molecule has 12 heavy (non-hydrogen) atoms. The molecule has 72 valence electrons. The van der Waals surface area contributed by atoms with Gasteiger partial charge in [-0.3, -0.25) is 4.79 Å². The van der Waals surface area contributed by atoms with Gasteiger partial charge in [0.15, 0.2) is 0 Å². The first kappa shape index (κ1) is 11.4. The van der Waals surface area contributed by atoms with Gasteiger partial charge in [0, 0.05) is 13.6 Å². The third-order valence-electron chi connectivity index (χ3n) is 1.86. The van der Waals surface area contributed by atoms with E-state index in [0.717, 1.165) is 13.0 Å². The number of rotatable bonds is 5. The van der Waals surface area contributed by atoms with Gasteiger partial charge in [0.1, 0.15) is 0 Å². The number of nitrogens with two attached hydrogens (primary N) is 1.